The molecule has 0 fully saturated rings. The predicted molar refractivity (Wildman–Crippen MR) is 108 cm³/mol. The van der Waals surface area contributed by atoms with Crippen LogP contribution in [0.4, 0.5) is 0 Å². The topological polar surface area (TPSA) is 78.6 Å². The van der Waals surface area contributed by atoms with Crippen LogP contribution in [0.25, 0.3) is 11.6 Å². The van der Waals surface area contributed by atoms with Crippen LogP contribution in [0.15, 0.2) is 59.9 Å². The molecule has 28 heavy (non-hydrogen) atoms. The van der Waals surface area contributed by atoms with E-state index in [1.54, 1.807) is 19.1 Å². The maximum atomic E-state index is 12.5. The van der Waals surface area contributed by atoms with E-state index in [0.29, 0.717) is 5.75 Å². The van der Waals surface area contributed by atoms with Crippen molar-refractivity contribution in [3.05, 3.63) is 76.6 Å². The van der Waals surface area contributed by atoms with Gasteiger partial charge in [-0.1, -0.05) is 48.0 Å². The quantitative estimate of drug-likeness (QED) is 0.451. The third-order valence-electron chi connectivity index (χ3n) is 4.53. The third kappa shape index (κ3) is 4.31. The summed E-state index contributed by atoms with van der Waals surface area (Å²) in [7, 11) is 0. The summed E-state index contributed by atoms with van der Waals surface area (Å²) in [5.74, 6) is -0.341. The summed E-state index contributed by atoms with van der Waals surface area (Å²) >= 11 is 0. The molecule has 2 aromatic rings. The summed E-state index contributed by atoms with van der Waals surface area (Å²) in [6, 6.07) is 15.1. The van der Waals surface area contributed by atoms with E-state index in [0.717, 1.165) is 34.3 Å². The molecule has 0 heterocycles. The van der Waals surface area contributed by atoms with Crippen LogP contribution in [0.2, 0.25) is 0 Å². The summed E-state index contributed by atoms with van der Waals surface area (Å²) in [6.07, 6.45) is 2.51. The van der Waals surface area contributed by atoms with Crippen molar-refractivity contribution in [3.8, 4) is 5.75 Å². The van der Waals surface area contributed by atoms with E-state index >= 15 is 0 Å². The van der Waals surface area contributed by atoms with E-state index in [1.807, 2.05) is 49.4 Å². The van der Waals surface area contributed by atoms with Gasteiger partial charge in [0.2, 0.25) is 11.7 Å². The van der Waals surface area contributed by atoms with Crippen LogP contribution in [0.3, 0.4) is 0 Å². The highest BCUT2D eigenvalue weighted by atomic mass is 16.6. The maximum Gasteiger partial charge on any atom is 0.374 e. The van der Waals surface area contributed by atoms with Gasteiger partial charge in [0, 0.05) is 5.56 Å². The van der Waals surface area contributed by atoms with Crippen molar-refractivity contribution in [3.63, 3.8) is 0 Å². The molecular weight excluding hydrogens is 354 g/mol. The molecule has 3 rings (SSSR count). The van der Waals surface area contributed by atoms with E-state index in [9.17, 15) is 9.59 Å². The molecule has 144 valence electrons. The molecule has 2 aromatic carbocycles. The molecule has 0 unspecified atom stereocenters. The van der Waals surface area contributed by atoms with Crippen LogP contribution in [0.5, 0.6) is 5.75 Å². The van der Waals surface area contributed by atoms with Gasteiger partial charge in [-0.05, 0) is 49.1 Å². The van der Waals surface area contributed by atoms with Crippen molar-refractivity contribution in [1.29, 1.82) is 0 Å². The number of primary amides is 1. The molecule has 1 amide bonds. The Morgan fingerprint density at radius 3 is 2.54 bits per heavy atom. The first-order chi connectivity index (χ1) is 13.5. The minimum Gasteiger partial charge on any atom is -0.460 e. The molecule has 0 saturated carbocycles. The molecule has 0 aliphatic heterocycles. The first-order valence-electron chi connectivity index (χ1n) is 9.20. The second-order valence-corrected chi connectivity index (χ2v) is 6.61. The SMILES string of the molecule is CCOC(=O)C(=Cc1ccccc1)Oc1cccc2c1C(CC(N)=O)=C(C)C2. The van der Waals surface area contributed by atoms with Crippen molar-refractivity contribution in [2.24, 2.45) is 5.73 Å². The molecule has 0 spiro atoms. The number of allylic oxidation sites excluding steroid dienone is 1. The summed E-state index contributed by atoms with van der Waals surface area (Å²) in [6.45, 7) is 3.97. The molecule has 0 atom stereocenters. The maximum absolute atomic E-state index is 12.5. The zero-order chi connectivity index (χ0) is 20.1. The van der Waals surface area contributed by atoms with Crippen LogP contribution in [-0.2, 0) is 20.7 Å². The summed E-state index contributed by atoms with van der Waals surface area (Å²) in [5.41, 5.74) is 10.1. The van der Waals surface area contributed by atoms with E-state index in [-0.39, 0.29) is 18.8 Å². The van der Waals surface area contributed by atoms with E-state index in [1.165, 1.54) is 0 Å². The van der Waals surface area contributed by atoms with Gasteiger partial charge in [-0.25, -0.2) is 4.79 Å². The lowest BCUT2D eigenvalue weighted by Crippen LogP contribution is -2.14. The summed E-state index contributed by atoms with van der Waals surface area (Å²) < 4.78 is 11.2. The number of rotatable bonds is 7. The minimum absolute atomic E-state index is 0.0874. The highest BCUT2D eigenvalue weighted by molar-refractivity contribution is 5.94. The highest BCUT2D eigenvalue weighted by Gasteiger charge is 2.25. The lowest BCUT2D eigenvalue weighted by Gasteiger charge is -2.15. The fourth-order valence-electron chi connectivity index (χ4n) is 3.32. The first-order valence-corrected chi connectivity index (χ1v) is 9.20. The molecule has 1 aliphatic rings. The number of carbonyl (C=O) groups is 2. The molecule has 5 nitrogen and oxygen atoms in total. The van der Waals surface area contributed by atoms with Crippen molar-refractivity contribution < 1.29 is 19.1 Å². The summed E-state index contributed by atoms with van der Waals surface area (Å²) in [4.78, 5) is 24.0. The average Bonchev–Trinajstić information content (AvgIpc) is 2.98. The number of hydrogen-bond acceptors (Lipinski definition) is 4. The number of benzene rings is 2. The fourth-order valence-corrected chi connectivity index (χ4v) is 3.32. The predicted octanol–water partition coefficient (Wildman–Crippen LogP) is 3.87. The average molecular weight is 377 g/mol. The fraction of sp³-hybridized carbons (Fsp3) is 0.217. The van der Waals surface area contributed by atoms with Gasteiger partial charge in [0.25, 0.3) is 0 Å². The second-order valence-electron chi connectivity index (χ2n) is 6.61. The Balaban J connectivity index is 2.01. The number of carbonyl (C=O) groups excluding carboxylic acids is 2. The van der Waals surface area contributed by atoms with Crippen LogP contribution in [-0.4, -0.2) is 18.5 Å². The van der Waals surface area contributed by atoms with Gasteiger partial charge < -0.3 is 15.2 Å². The van der Waals surface area contributed by atoms with Gasteiger partial charge in [-0.3, -0.25) is 4.79 Å². The Morgan fingerprint density at radius 1 is 1.11 bits per heavy atom. The van der Waals surface area contributed by atoms with Crippen LogP contribution in [0, 0.1) is 0 Å². The number of hydrogen-bond donors (Lipinski definition) is 1. The Bertz CT molecular complexity index is 958. The first kappa shape index (κ1) is 19.4. The van der Waals surface area contributed by atoms with Crippen molar-refractivity contribution in [2.75, 3.05) is 6.61 Å². The lowest BCUT2D eigenvalue weighted by atomic mass is 10.0. The molecule has 2 N–H and O–H groups in total. The van der Waals surface area contributed by atoms with Gasteiger partial charge >= 0.3 is 5.97 Å². The minimum atomic E-state index is -0.542. The van der Waals surface area contributed by atoms with E-state index in [2.05, 4.69) is 0 Å². The van der Waals surface area contributed by atoms with Crippen molar-refractivity contribution >= 4 is 23.5 Å². The molecule has 0 saturated heterocycles. The molecule has 0 aromatic heterocycles. The number of amides is 1. The van der Waals surface area contributed by atoms with Crippen LogP contribution >= 0.6 is 0 Å². The Kier molecular flexibility index (Phi) is 5.94. The Hall–Kier alpha value is -3.34. The molecule has 0 radical (unpaired) electrons. The number of ether oxygens (including phenoxy) is 2. The van der Waals surface area contributed by atoms with Gasteiger partial charge in [-0.2, -0.15) is 0 Å². The Morgan fingerprint density at radius 2 is 1.86 bits per heavy atom. The van der Waals surface area contributed by atoms with Gasteiger partial charge in [-0.15, -0.1) is 0 Å². The lowest BCUT2D eigenvalue weighted by molar-refractivity contribution is -0.140. The molecule has 5 heteroatoms. The Labute approximate surface area is 164 Å². The van der Waals surface area contributed by atoms with Gasteiger partial charge in [0.05, 0.1) is 13.0 Å². The number of fused-ring (bicyclic) bond motifs is 1. The van der Waals surface area contributed by atoms with Crippen molar-refractivity contribution in [2.45, 2.75) is 26.7 Å². The van der Waals surface area contributed by atoms with E-state index in [4.69, 9.17) is 15.2 Å². The second kappa shape index (κ2) is 8.57. The van der Waals surface area contributed by atoms with Gasteiger partial charge in [0.15, 0.2) is 0 Å². The third-order valence-corrected chi connectivity index (χ3v) is 4.53. The number of esters is 1. The van der Waals surface area contributed by atoms with Crippen LogP contribution < -0.4 is 10.5 Å². The number of nitrogens with two attached hydrogens (primary N) is 1. The van der Waals surface area contributed by atoms with Crippen LogP contribution in [0.1, 0.15) is 37.0 Å². The van der Waals surface area contributed by atoms with Gasteiger partial charge in [0.1, 0.15) is 5.75 Å². The molecule has 0 bridgehead atoms. The zero-order valence-corrected chi connectivity index (χ0v) is 16.0. The highest BCUT2D eigenvalue weighted by Crippen LogP contribution is 2.41. The standard InChI is InChI=1S/C23H23NO4/c1-3-27-23(26)20(13-16-8-5-4-6-9-16)28-19-11-7-10-17-12-15(2)18(22(17)19)14-21(24)25/h4-11,13H,3,12,14H2,1-2H3,(H2,24,25). The summed E-state index contributed by atoms with van der Waals surface area (Å²) in [5, 5.41) is 0. The normalized spacial score (nSPS) is 13.3. The largest absolute Gasteiger partial charge is 0.460 e. The van der Waals surface area contributed by atoms with Crippen molar-refractivity contribution in [1.82, 2.24) is 0 Å². The smallest absolute Gasteiger partial charge is 0.374 e. The van der Waals surface area contributed by atoms with E-state index < -0.39 is 11.9 Å². The monoisotopic (exact) mass is 377 g/mol. The molecular formula is C23H23NO4. The molecule has 1 aliphatic carbocycles. The zero-order valence-electron chi connectivity index (χ0n) is 16.0.